The summed E-state index contributed by atoms with van der Waals surface area (Å²) in [5, 5.41) is 12.1. The lowest BCUT2D eigenvalue weighted by molar-refractivity contribution is -0.177. The molecular formula is C14H28N2O3. The maximum absolute atomic E-state index is 12.2. The Morgan fingerprint density at radius 1 is 1.42 bits per heavy atom. The molecule has 0 aliphatic heterocycles. The van der Waals surface area contributed by atoms with Crippen LogP contribution in [0.4, 0.5) is 4.79 Å². The molecule has 2 amide bonds. The third-order valence-electron chi connectivity index (χ3n) is 4.73. The fourth-order valence-electron chi connectivity index (χ4n) is 2.67. The number of aliphatic hydroxyl groups is 1. The van der Waals surface area contributed by atoms with Crippen LogP contribution >= 0.6 is 0 Å². The topological polar surface area (TPSA) is 61.8 Å². The van der Waals surface area contributed by atoms with Gasteiger partial charge in [-0.05, 0) is 19.8 Å². The van der Waals surface area contributed by atoms with Crippen LogP contribution in [0.5, 0.6) is 0 Å². The molecule has 0 saturated heterocycles. The van der Waals surface area contributed by atoms with Gasteiger partial charge in [-0.25, -0.2) is 4.79 Å². The predicted molar refractivity (Wildman–Crippen MR) is 75.1 cm³/mol. The Balaban J connectivity index is 2.58. The third-order valence-corrected chi connectivity index (χ3v) is 4.73. The van der Waals surface area contributed by atoms with Gasteiger partial charge in [-0.3, -0.25) is 0 Å². The average Bonchev–Trinajstić information content (AvgIpc) is 2.37. The van der Waals surface area contributed by atoms with E-state index >= 15 is 0 Å². The lowest BCUT2D eigenvalue weighted by atomic mass is 9.56. The van der Waals surface area contributed by atoms with Crippen molar-refractivity contribution in [3.8, 4) is 0 Å². The first-order valence-electron chi connectivity index (χ1n) is 7.04. The van der Waals surface area contributed by atoms with E-state index < -0.39 is 0 Å². The number of carbonyl (C=O) groups is 1. The fraction of sp³-hybridized carbons (Fsp3) is 0.929. The second-order valence-electron chi connectivity index (χ2n) is 6.07. The van der Waals surface area contributed by atoms with Gasteiger partial charge in [0.15, 0.2) is 0 Å². The van der Waals surface area contributed by atoms with Gasteiger partial charge in [0.1, 0.15) is 0 Å². The summed E-state index contributed by atoms with van der Waals surface area (Å²) in [6.07, 6.45) is 1.71. The molecule has 5 nitrogen and oxygen atoms in total. The van der Waals surface area contributed by atoms with Crippen molar-refractivity contribution in [1.29, 1.82) is 0 Å². The Kier molecular flexibility index (Phi) is 5.21. The van der Waals surface area contributed by atoms with E-state index in [2.05, 4.69) is 26.1 Å². The Morgan fingerprint density at radius 3 is 2.47 bits per heavy atom. The molecule has 0 aromatic rings. The molecule has 0 aromatic heterocycles. The summed E-state index contributed by atoms with van der Waals surface area (Å²) in [6.45, 7) is 9.37. The number of hydrogen-bond donors (Lipinski definition) is 2. The van der Waals surface area contributed by atoms with Gasteiger partial charge in [-0.15, -0.1) is 0 Å². The fourth-order valence-corrected chi connectivity index (χ4v) is 2.67. The Labute approximate surface area is 116 Å². The second-order valence-corrected chi connectivity index (χ2v) is 6.07. The predicted octanol–water partition coefficient (Wildman–Crippen LogP) is 1.60. The highest BCUT2D eigenvalue weighted by molar-refractivity contribution is 5.74. The lowest BCUT2D eigenvalue weighted by Crippen LogP contribution is -2.69. The van der Waals surface area contributed by atoms with Crippen LogP contribution in [0.25, 0.3) is 0 Å². The summed E-state index contributed by atoms with van der Waals surface area (Å²) in [5.41, 5.74) is -0.272. The molecule has 2 atom stereocenters. The molecule has 5 heteroatoms. The normalized spacial score (nSPS) is 28.6. The van der Waals surface area contributed by atoms with Crippen LogP contribution in [0, 0.1) is 5.41 Å². The zero-order chi connectivity index (χ0) is 14.7. The minimum atomic E-state index is -0.183. The molecule has 0 heterocycles. The molecule has 0 spiro atoms. The zero-order valence-electron chi connectivity index (χ0n) is 12.8. The van der Waals surface area contributed by atoms with Crippen LogP contribution in [-0.4, -0.2) is 54.5 Å². The van der Waals surface area contributed by atoms with Gasteiger partial charge < -0.3 is 20.1 Å². The SMILES string of the molecule is CCCN(CCO)C(=O)NC1CC(C)(OC)C1(C)C. The summed E-state index contributed by atoms with van der Waals surface area (Å²) in [6, 6.07) is 0.0233. The quantitative estimate of drug-likeness (QED) is 0.772. The standard InChI is InChI=1S/C14H28N2O3/c1-6-7-16(8-9-17)12(18)15-11-10-14(4,19-5)13(11,2)3/h11,17H,6-10H2,1-5H3,(H,15,18). The first-order chi connectivity index (χ1) is 8.82. The molecule has 0 aromatic carbocycles. The van der Waals surface area contributed by atoms with Crippen molar-refractivity contribution >= 4 is 6.03 Å². The van der Waals surface area contributed by atoms with Crippen LogP contribution in [0.15, 0.2) is 0 Å². The van der Waals surface area contributed by atoms with E-state index in [9.17, 15) is 4.79 Å². The van der Waals surface area contributed by atoms with Crippen LogP contribution in [-0.2, 0) is 4.74 Å². The highest BCUT2D eigenvalue weighted by Gasteiger charge is 2.58. The van der Waals surface area contributed by atoms with Crippen molar-refractivity contribution in [2.45, 2.75) is 52.2 Å². The molecule has 112 valence electrons. The van der Waals surface area contributed by atoms with Crippen LogP contribution < -0.4 is 5.32 Å². The molecule has 19 heavy (non-hydrogen) atoms. The summed E-state index contributed by atoms with van der Waals surface area (Å²) >= 11 is 0. The molecule has 1 fully saturated rings. The van der Waals surface area contributed by atoms with Gasteiger partial charge >= 0.3 is 6.03 Å². The number of rotatable bonds is 6. The van der Waals surface area contributed by atoms with Crippen molar-refractivity contribution in [1.82, 2.24) is 10.2 Å². The molecule has 1 aliphatic carbocycles. The number of aliphatic hydroxyl groups excluding tert-OH is 1. The average molecular weight is 272 g/mol. The molecule has 2 N–H and O–H groups in total. The summed E-state index contributed by atoms with van der Waals surface area (Å²) in [4.78, 5) is 13.8. The highest BCUT2D eigenvalue weighted by Crippen LogP contribution is 2.51. The Morgan fingerprint density at radius 2 is 2.05 bits per heavy atom. The number of nitrogens with one attached hydrogen (secondary N) is 1. The van der Waals surface area contributed by atoms with Gasteiger partial charge in [-0.2, -0.15) is 0 Å². The van der Waals surface area contributed by atoms with E-state index in [1.165, 1.54) is 0 Å². The van der Waals surface area contributed by atoms with Crippen LogP contribution in [0.3, 0.4) is 0 Å². The Hall–Kier alpha value is -0.810. The van der Waals surface area contributed by atoms with Crippen molar-refractivity contribution in [3.63, 3.8) is 0 Å². The summed E-state index contributed by atoms with van der Waals surface area (Å²) < 4.78 is 5.55. The van der Waals surface area contributed by atoms with Crippen molar-refractivity contribution in [2.24, 2.45) is 5.41 Å². The smallest absolute Gasteiger partial charge is 0.317 e. The van der Waals surface area contributed by atoms with Gasteiger partial charge in [0.05, 0.1) is 12.2 Å². The second kappa shape index (κ2) is 6.09. The number of hydrogen-bond acceptors (Lipinski definition) is 3. The zero-order valence-corrected chi connectivity index (χ0v) is 12.8. The molecule has 1 aliphatic rings. The number of amides is 2. The van der Waals surface area contributed by atoms with E-state index in [1.807, 2.05) is 6.92 Å². The molecular weight excluding hydrogens is 244 g/mol. The first-order valence-corrected chi connectivity index (χ1v) is 7.04. The molecule has 0 radical (unpaired) electrons. The van der Waals surface area contributed by atoms with Gasteiger partial charge in [0.2, 0.25) is 0 Å². The number of nitrogens with zero attached hydrogens (tertiary/aromatic N) is 1. The van der Waals surface area contributed by atoms with Crippen LogP contribution in [0.1, 0.15) is 40.5 Å². The summed E-state index contributed by atoms with van der Waals surface area (Å²) in [5.74, 6) is 0. The minimum Gasteiger partial charge on any atom is -0.395 e. The van der Waals surface area contributed by atoms with Gasteiger partial charge in [-0.1, -0.05) is 20.8 Å². The largest absolute Gasteiger partial charge is 0.395 e. The number of ether oxygens (including phenoxy) is 1. The van der Waals surface area contributed by atoms with E-state index in [4.69, 9.17) is 9.84 Å². The monoisotopic (exact) mass is 272 g/mol. The first kappa shape index (κ1) is 16.2. The van der Waals surface area contributed by atoms with Crippen molar-refractivity contribution in [2.75, 3.05) is 26.8 Å². The third kappa shape index (κ3) is 3.03. The molecule has 1 saturated carbocycles. The van der Waals surface area contributed by atoms with E-state index in [0.717, 1.165) is 12.8 Å². The molecule has 2 unspecified atom stereocenters. The van der Waals surface area contributed by atoms with E-state index in [-0.39, 0.29) is 29.7 Å². The molecule has 0 bridgehead atoms. The maximum atomic E-state index is 12.2. The number of carbonyl (C=O) groups excluding carboxylic acids is 1. The summed E-state index contributed by atoms with van der Waals surface area (Å²) in [7, 11) is 1.72. The van der Waals surface area contributed by atoms with E-state index in [0.29, 0.717) is 13.1 Å². The highest BCUT2D eigenvalue weighted by atomic mass is 16.5. The van der Waals surface area contributed by atoms with Crippen molar-refractivity contribution < 1.29 is 14.6 Å². The maximum Gasteiger partial charge on any atom is 0.317 e. The number of methoxy groups -OCH3 is 1. The lowest BCUT2D eigenvalue weighted by Gasteiger charge is -2.59. The van der Waals surface area contributed by atoms with Gasteiger partial charge in [0.25, 0.3) is 0 Å². The Bertz CT molecular complexity index is 314. The molecule has 1 rings (SSSR count). The van der Waals surface area contributed by atoms with Crippen molar-refractivity contribution in [3.05, 3.63) is 0 Å². The van der Waals surface area contributed by atoms with Crippen LogP contribution in [0.2, 0.25) is 0 Å². The van der Waals surface area contributed by atoms with E-state index in [1.54, 1.807) is 12.0 Å². The minimum absolute atomic E-state index is 0.00271. The number of urea groups is 1. The van der Waals surface area contributed by atoms with Gasteiger partial charge in [0, 0.05) is 31.7 Å².